The number of ether oxygens (including phenoxy) is 3. The largest absolute Gasteiger partial charge is 0.493 e. The quantitative estimate of drug-likeness (QED) is 0.674. The Balaban J connectivity index is 1.85. The molecule has 1 atom stereocenters. The Kier molecular flexibility index (Phi) is 3.50. The van der Waals surface area contributed by atoms with E-state index in [0.29, 0.717) is 19.1 Å². The summed E-state index contributed by atoms with van der Waals surface area (Å²) in [5.74, 6) is 2.06. The number of rotatable bonds is 2. The molecule has 2 aromatic carbocycles. The van der Waals surface area contributed by atoms with Gasteiger partial charge in [0, 0.05) is 34.9 Å². The first-order valence-electron chi connectivity index (χ1n) is 9.09. The van der Waals surface area contributed by atoms with Crippen molar-refractivity contribution in [1.82, 2.24) is 4.57 Å². The summed E-state index contributed by atoms with van der Waals surface area (Å²) in [4.78, 5) is 12.4. The van der Waals surface area contributed by atoms with Crippen LogP contribution in [0.15, 0.2) is 54.3 Å². The lowest BCUT2D eigenvalue weighted by atomic mass is 9.81. The summed E-state index contributed by atoms with van der Waals surface area (Å²) in [5, 5.41) is 1.01. The average Bonchev–Trinajstić information content (AvgIpc) is 3.02. The van der Waals surface area contributed by atoms with Gasteiger partial charge in [0.05, 0.1) is 18.4 Å². The Morgan fingerprint density at radius 3 is 2.85 bits per heavy atom. The third-order valence-corrected chi connectivity index (χ3v) is 5.17. The van der Waals surface area contributed by atoms with E-state index in [9.17, 15) is 4.79 Å². The molecule has 0 fully saturated rings. The summed E-state index contributed by atoms with van der Waals surface area (Å²) in [5.41, 5.74) is 3.86. The van der Waals surface area contributed by atoms with Crippen LogP contribution in [0.1, 0.15) is 35.7 Å². The van der Waals surface area contributed by atoms with Crippen LogP contribution in [0.4, 0.5) is 0 Å². The first-order chi connectivity index (χ1) is 13.2. The van der Waals surface area contributed by atoms with Gasteiger partial charge in [-0.3, -0.25) is 4.79 Å². The second kappa shape index (κ2) is 5.91. The molecule has 2 aliphatic heterocycles. The number of hydrogen-bond acceptors (Lipinski definition) is 4. The number of para-hydroxylation sites is 1. The molecule has 0 spiro atoms. The fourth-order valence-electron chi connectivity index (χ4n) is 4.16. The highest BCUT2D eigenvalue weighted by atomic mass is 16.5. The number of carbonyl (C=O) groups is 1. The molecule has 0 N–H and O–H groups in total. The predicted octanol–water partition coefficient (Wildman–Crippen LogP) is 4.50. The monoisotopic (exact) mass is 361 g/mol. The van der Waals surface area contributed by atoms with Gasteiger partial charge in [0.25, 0.3) is 0 Å². The molecular weight excluding hydrogens is 342 g/mol. The van der Waals surface area contributed by atoms with Crippen molar-refractivity contribution in [3.05, 3.63) is 65.4 Å². The van der Waals surface area contributed by atoms with E-state index >= 15 is 0 Å². The van der Waals surface area contributed by atoms with E-state index in [1.54, 1.807) is 17.8 Å². The molecule has 3 aromatic rings. The van der Waals surface area contributed by atoms with Crippen molar-refractivity contribution in [3.8, 4) is 17.4 Å². The minimum Gasteiger partial charge on any atom is -0.493 e. The van der Waals surface area contributed by atoms with Crippen molar-refractivity contribution < 1.29 is 19.0 Å². The molecule has 136 valence electrons. The molecular formula is C22H19NO4. The van der Waals surface area contributed by atoms with Crippen molar-refractivity contribution >= 4 is 16.8 Å². The van der Waals surface area contributed by atoms with Crippen LogP contribution >= 0.6 is 0 Å². The second-order valence-corrected chi connectivity index (χ2v) is 6.72. The molecule has 0 amide bonds. The molecule has 27 heavy (non-hydrogen) atoms. The Morgan fingerprint density at radius 2 is 2.04 bits per heavy atom. The van der Waals surface area contributed by atoms with Gasteiger partial charge in [0.2, 0.25) is 11.8 Å². The zero-order valence-electron chi connectivity index (χ0n) is 15.2. The normalized spacial score (nSPS) is 17.1. The van der Waals surface area contributed by atoms with Gasteiger partial charge in [0.1, 0.15) is 18.1 Å². The molecule has 5 rings (SSSR count). The van der Waals surface area contributed by atoms with E-state index in [1.165, 1.54) is 0 Å². The summed E-state index contributed by atoms with van der Waals surface area (Å²) in [6, 6.07) is 13.8. The lowest BCUT2D eigenvalue weighted by Crippen LogP contribution is -2.23. The van der Waals surface area contributed by atoms with Crippen molar-refractivity contribution in [2.24, 2.45) is 0 Å². The third-order valence-electron chi connectivity index (χ3n) is 5.17. The highest BCUT2D eigenvalue weighted by Gasteiger charge is 2.39. The van der Waals surface area contributed by atoms with Gasteiger partial charge in [-0.25, -0.2) is 4.57 Å². The molecule has 1 unspecified atom stereocenters. The number of aromatic nitrogens is 1. The number of hydrogen-bond donors (Lipinski definition) is 0. The van der Waals surface area contributed by atoms with Gasteiger partial charge >= 0.3 is 0 Å². The smallest absolute Gasteiger partial charge is 0.230 e. The van der Waals surface area contributed by atoms with Crippen molar-refractivity contribution in [1.29, 1.82) is 0 Å². The molecule has 0 aliphatic carbocycles. The molecule has 0 saturated heterocycles. The van der Waals surface area contributed by atoms with E-state index in [2.05, 4.69) is 0 Å². The van der Waals surface area contributed by atoms with Gasteiger partial charge < -0.3 is 14.2 Å². The highest BCUT2D eigenvalue weighted by molar-refractivity contribution is 5.98. The maximum Gasteiger partial charge on any atom is 0.230 e. The first-order valence-corrected chi connectivity index (χ1v) is 9.09. The van der Waals surface area contributed by atoms with E-state index in [0.717, 1.165) is 39.1 Å². The number of carbonyl (C=O) groups excluding carboxylic acids is 1. The standard InChI is InChI=1S/C22H19NO4/c1-3-25-17-9-6-10-18-21(17)19-14(11-26-18)12-27-22-20(19)15-7-4-5-8-16(15)23(22)13(2)24/h4-10,12,19H,3,11H2,1-2H3. The fourth-order valence-corrected chi connectivity index (χ4v) is 4.16. The Bertz CT molecular complexity index is 1110. The summed E-state index contributed by atoms with van der Waals surface area (Å²) < 4.78 is 19.5. The van der Waals surface area contributed by atoms with Gasteiger partial charge in [-0.2, -0.15) is 0 Å². The van der Waals surface area contributed by atoms with Crippen LogP contribution in [-0.2, 0) is 0 Å². The van der Waals surface area contributed by atoms with E-state index in [4.69, 9.17) is 14.2 Å². The van der Waals surface area contributed by atoms with Gasteiger partial charge in [-0.1, -0.05) is 24.3 Å². The van der Waals surface area contributed by atoms with Gasteiger partial charge in [0.15, 0.2) is 0 Å². The first kappa shape index (κ1) is 16.0. The molecule has 2 aliphatic rings. The topological polar surface area (TPSA) is 49.7 Å². The number of benzene rings is 2. The van der Waals surface area contributed by atoms with Gasteiger partial charge in [-0.15, -0.1) is 0 Å². The van der Waals surface area contributed by atoms with Crippen LogP contribution in [0.25, 0.3) is 10.9 Å². The zero-order valence-corrected chi connectivity index (χ0v) is 15.2. The zero-order chi connectivity index (χ0) is 18.5. The number of nitrogens with zero attached hydrogens (tertiary/aromatic N) is 1. The van der Waals surface area contributed by atoms with E-state index in [1.807, 2.05) is 49.4 Å². The average molecular weight is 361 g/mol. The Hall–Kier alpha value is -3.21. The van der Waals surface area contributed by atoms with Crippen LogP contribution in [0.3, 0.4) is 0 Å². The third kappa shape index (κ3) is 2.21. The molecule has 0 saturated carbocycles. The van der Waals surface area contributed by atoms with Crippen molar-refractivity contribution in [2.45, 2.75) is 19.8 Å². The second-order valence-electron chi connectivity index (χ2n) is 6.72. The molecule has 5 heteroatoms. The summed E-state index contributed by atoms with van der Waals surface area (Å²) in [7, 11) is 0. The maximum atomic E-state index is 12.4. The summed E-state index contributed by atoms with van der Waals surface area (Å²) in [6.45, 7) is 4.54. The van der Waals surface area contributed by atoms with Gasteiger partial charge in [-0.05, 0) is 25.1 Å². The lowest BCUT2D eigenvalue weighted by Gasteiger charge is -2.32. The van der Waals surface area contributed by atoms with Crippen molar-refractivity contribution in [2.75, 3.05) is 13.2 Å². The van der Waals surface area contributed by atoms with Crippen LogP contribution in [0.2, 0.25) is 0 Å². The summed E-state index contributed by atoms with van der Waals surface area (Å²) >= 11 is 0. The maximum absolute atomic E-state index is 12.4. The van der Waals surface area contributed by atoms with Crippen LogP contribution in [0, 0.1) is 0 Å². The molecule has 0 bridgehead atoms. The SMILES string of the molecule is CCOc1cccc2c1C1C(=COc3c1c1ccccc1n3C(C)=O)CO2. The Morgan fingerprint density at radius 1 is 1.19 bits per heavy atom. The van der Waals surface area contributed by atoms with Crippen molar-refractivity contribution in [3.63, 3.8) is 0 Å². The highest BCUT2D eigenvalue weighted by Crippen LogP contribution is 2.53. The predicted molar refractivity (Wildman–Crippen MR) is 102 cm³/mol. The molecule has 3 heterocycles. The minimum atomic E-state index is -0.0744. The molecule has 5 nitrogen and oxygen atoms in total. The lowest BCUT2D eigenvalue weighted by molar-refractivity contribution is 0.0933. The summed E-state index contributed by atoms with van der Waals surface area (Å²) in [6.07, 6.45) is 1.72. The molecule has 1 aromatic heterocycles. The Labute approximate surface area is 156 Å². The van der Waals surface area contributed by atoms with E-state index < -0.39 is 0 Å². The fraction of sp³-hybridized carbons (Fsp3) is 0.227. The van der Waals surface area contributed by atoms with Crippen LogP contribution in [0.5, 0.6) is 17.4 Å². The van der Waals surface area contributed by atoms with E-state index in [-0.39, 0.29) is 11.8 Å². The number of fused-ring (bicyclic) bond motifs is 7. The van der Waals surface area contributed by atoms with Crippen LogP contribution in [-0.4, -0.2) is 23.7 Å². The minimum absolute atomic E-state index is 0.0641. The van der Waals surface area contributed by atoms with Crippen LogP contribution < -0.4 is 14.2 Å². The molecule has 0 radical (unpaired) electrons.